The van der Waals surface area contributed by atoms with Gasteiger partial charge in [-0.05, 0) is 61.6 Å². The van der Waals surface area contributed by atoms with Crippen molar-refractivity contribution in [2.24, 2.45) is 7.05 Å². The molecule has 3 aromatic rings. The van der Waals surface area contributed by atoms with Crippen molar-refractivity contribution < 1.29 is 27.3 Å². The van der Waals surface area contributed by atoms with Crippen LogP contribution in [-0.2, 0) is 33.2 Å². The van der Waals surface area contributed by atoms with Gasteiger partial charge in [-0.1, -0.05) is 12.1 Å². The number of imide groups is 1. The summed E-state index contributed by atoms with van der Waals surface area (Å²) < 4.78 is 41.0. The van der Waals surface area contributed by atoms with Crippen LogP contribution in [0, 0.1) is 6.92 Å². The molecule has 1 aliphatic heterocycles. The lowest BCUT2D eigenvalue weighted by Gasteiger charge is -2.21. The molecule has 0 aliphatic carbocycles. The summed E-state index contributed by atoms with van der Waals surface area (Å²) in [5, 5.41) is 2.29. The van der Waals surface area contributed by atoms with Gasteiger partial charge in [0.25, 0.3) is 10.1 Å². The van der Waals surface area contributed by atoms with Crippen molar-refractivity contribution in [1.82, 2.24) is 14.5 Å². The number of amides is 2. The fourth-order valence-corrected chi connectivity index (χ4v) is 4.81. The zero-order chi connectivity index (χ0) is 24.6. The van der Waals surface area contributed by atoms with Gasteiger partial charge >= 0.3 is 5.69 Å². The van der Waals surface area contributed by atoms with E-state index in [-0.39, 0.29) is 41.7 Å². The van der Waals surface area contributed by atoms with Crippen molar-refractivity contribution in [2.75, 3.05) is 6.61 Å². The summed E-state index contributed by atoms with van der Waals surface area (Å²) >= 11 is 0. The Labute approximate surface area is 195 Å². The number of hydrogen-bond acceptors (Lipinski definition) is 6. The number of nitrogens with zero attached hydrogens (tertiary/aromatic N) is 2. The summed E-state index contributed by atoms with van der Waals surface area (Å²) in [5.74, 6) is -0.720. The molecule has 1 aliphatic rings. The van der Waals surface area contributed by atoms with E-state index in [2.05, 4.69) is 5.32 Å². The first-order valence-corrected chi connectivity index (χ1v) is 12.2. The van der Waals surface area contributed by atoms with Crippen LogP contribution in [-0.4, -0.2) is 40.5 Å². The van der Waals surface area contributed by atoms with Crippen molar-refractivity contribution in [1.29, 1.82) is 0 Å². The zero-order valence-corrected chi connectivity index (χ0v) is 19.6. The van der Waals surface area contributed by atoms with E-state index in [1.807, 2.05) is 12.1 Å². The lowest BCUT2D eigenvalue weighted by atomic mass is 10.1. The third kappa shape index (κ3) is 4.62. The Morgan fingerprint density at radius 2 is 1.88 bits per heavy atom. The van der Waals surface area contributed by atoms with Gasteiger partial charge in [-0.3, -0.25) is 28.6 Å². The summed E-state index contributed by atoms with van der Waals surface area (Å²) in [6, 6.07) is 9.23. The van der Waals surface area contributed by atoms with Crippen molar-refractivity contribution >= 4 is 33.0 Å². The van der Waals surface area contributed by atoms with Gasteiger partial charge in [0.15, 0.2) is 0 Å². The van der Waals surface area contributed by atoms with Crippen LogP contribution in [0.25, 0.3) is 11.0 Å². The van der Waals surface area contributed by atoms with Crippen LogP contribution < -0.4 is 15.7 Å². The molecule has 34 heavy (non-hydrogen) atoms. The third-order valence-electron chi connectivity index (χ3n) is 5.92. The second-order valence-corrected chi connectivity index (χ2v) is 9.77. The van der Waals surface area contributed by atoms with Crippen molar-refractivity contribution in [3.8, 4) is 5.75 Å². The molecule has 180 valence electrons. The fraction of sp³-hybridized carbons (Fsp3) is 0.348. The zero-order valence-electron chi connectivity index (χ0n) is 18.8. The van der Waals surface area contributed by atoms with E-state index in [1.165, 1.54) is 15.2 Å². The first-order chi connectivity index (χ1) is 16.1. The van der Waals surface area contributed by atoms with E-state index in [0.717, 1.165) is 11.1 Å². The maximum absolute atomic E-state index is 12.9. The number of aromatic nitrogens is 2. The van der Waals surface area contributed by atoms with E-state index in [0.29, 0.717) is 23.9 Å². The number of carbonyl (C=O) groups is 2. The van der Waals surface area contributed by atoms with Crippen LogP contribution in [0.4, 0.5) is 0 Å². The lowest BCUT2D eigenvalue weighted by molar-refractivity contribution is -0.135. The predicted molar refractivity (Wildman–Crippen MR) is 123 cm³/mol. The molecule has 2 aromatic carbocycles. The van der Waals surface area contributed by atoms with Gasteiger partial charge in [0.2, 0.25) is 11.8 Å². The molecule has 1 saturated heterocycles. The van der Waals surface area contributed by atoms with E-state index in [4.69, 9.17) is 4.74 Å². The van der Waals surface area contributed by atoms with Gasteiger partial charge in [0.1, 0.15) is 16.7 Å². The van der Waals surface area contributed by atoms with E-state index in [9.17, 15) is 27.4 Å². The quantitative estimate of drug-likeness (QED) is 0.295. The molecule has 1 fully saturated rings. The average Bonchev–Trinajstić information content (AvgIpc) is 3.01. The molecule has 1 aromatic heterocycles. The van der Waals surface area contributed by atoms with Gasteiger partial charge in [-0.2, -0.15) is 8.42 Å². The second kappa shape index (κ2) is 9.07. The number of imidazole rings is 1. The van der Waals surface area contributed by atoms with E-state index < -0.39 is 22.1 Å². The average molecular weight is 488 g/mol. The molecular formula is C23H25N3O7S. The Bertz CT molecular complexity index is 1450. The number of nitrogens with one attached hydrogen (secondary N) is 1. The molecule has 2 heterocycles. The van der Waals surface area contributed by atoms with Crippen LogP contribution in [0.1, 0.15) is 36.4 Å². The number of carbonyl (C=O) groups excluding carboxylic acids is 2. The van der Waals surface area contributed by atoms with Gasteiger partial charge in [0.05, 0.1) is 17.6 Å². The first kappa shape index (κ1) is 23.7. The van der Waals surface area contributed by atoms with Crippen molar-refractivity contribution in [2.45, 2.75) is 43.5 Å². The highest BCUT2D eigenvalue weighted by atomic mass is 32.2. The van der Waals surface area contributed by atoms with Crippen LogP contribution in [0.3, 0.4) is 0 Å². The Hall–Kier alpha value is -3.44. The Morgan fingerprint density at radius 3 is 2.59 bits per heavy atom. The normalized spacial score (nSPS) is 16.6. The highest BCUT2D eigenvalue weighted by molar-refractivity contribution is 7.86. The smallest absolute Gasteiger partial charge is 0.329 e. The van der Waals surface area contributed by atoms with Gasteiger partial charge in [0, 0.05) is 13.5 Å². The van der Waals surface area contributed by atoms with Gasteiger partial charge < -0.3 is 4.74 Å². The number of hydrogen-bond donors (Lipinski definition) is 2. The minimum absolute atomic E-state index is 0.0988. The summed E-state index contributed by atoms with van der Waals surface area (Å²) in [7, 11) is -2.76. The van der Waals surface area contributed by atoms with E-state index >= 15 is 0 Å². The Balaban J connectivity index is 1.49. The molecule has 0 spiro atoms. The summed E-state index contributed by atoms with van der Waals surface area (Å²) in [5.41, 5.74) is 2.68. The van der Waals surface area contributed by atoms with Crippen LogP contribution in [0.2, 0.25) is 0 Å². The van der Waals surface area contributed by atoms with Crippen LogP contribution >= 0.6 is 0 Å². The van der Waals surface area contributed by atoms with Crippen molar-refractivity contribution in [3.05, 3.63) is 58.0 Å². The first-order valence-electron chi connectivity index (χ1n) is 10.8. The Kier molecular flexibility index (Phi) is 6.32. The molecule has 0 saturated carbocycles. The van der Waals surface area contributed by atoms with Crippen LogP contribution in [0.15, 0.2) is 46.1 Å². The SMILES string of the molecule is Cc1ccc(S(=O)(=O)O)c(OCCCc2ccc3c(c2)n(C)c(=O)n3C2CCC(=O)NC2=O)c1. The Morgan fingerprint density at radius 1 is 1.12 bits per heavy atom. The summed E-state index contributed by atoms with van der Waals surface area (Å²) in [6.07, 6.45) is 1.61. The lowest BCUT2D eigenvalue weighted by Crippen LogP contribution is -2.44. The number of piperidine rings is 1. The molecule has 0 radical (unpaired) electrons. The molecule has 0 bridgehead atoms. The van der Waals surface area contributed by atoms with Crippen molar-refractivity contribution in [3.63, 3.8) is 0 Å². The second-order valence-electron chi connectivity index (χ2n) is 8.38. The minimum Gasteiger partial charge on any atom is -0.492 e. The maximum atomic E-state index is 12.9. The number of benzene rings is 2. The highest BCUT2D eigenvalue weighted by Crippen LogP contribution is 2.26. The molecule has 1 unspecified atom stereocenters. The maximum Gasteiger partial charge on any atom is 0.329 e. The molecule has 1 atom stereocenters. The minimum atomic E-state index is -4.39. The van der Waals surface area contributed by atoms with Gasteiger partial charge in [-0.25, -0.2) is 4.79 Å². The predicted octanol–water partition coefficient (Wildman–Crippen LogP) is 1.88. The number of ether oxygens (including phenoxy) is 1. The summed E-state index contributed by atoms with van der Waals surface area (Å²) in [4.78, 5) is 36.4. The largest absolute Gasteiger partial charge is 0.492 e. The molecule has 2 N–H and O–H groups in total. The number of aryl methyl sites for hydroxylation is 3. The number of rotatable bonds is 7. The fourth-order valence-electron chi connectivity index (χ4n) is 4.19. The monoisotopic (exact) mass is 487 g/mol. The third-order valence-corrected chi connectivity index (χ3v) is 6.81. The summed E-state index contributed by atoms with van der Waals surface area (Å²) in [6.45, 7) is 2.02. The number of fused-ring (bicyclic) bond motifs is 1. The topological polar surface area (TPSA) is 137 Å². The van der Waals surface area contributed by atoms with E-state index in [1.54, 1.807) is 32.2 Å². The van der Waals surface area contributed by atoms with Crippen LogP contribution in [0.5, 0.6) is 5.75 Å². The highest BCUT2D eigenvalue weighted by Gasteiger charge is 2.31. The standard InChI is InChI=1S/C23H25N3O7S/c1-14-5-9-20(34(30,31)32)19(12-14)33-11-3-4-15-6-7-16-18(13-15)25(2)23(29)26(16)17-8-10-21(27)24-22(17)28/h5-7,9,12-13,17H,3-4,8,10-11H2,1-2H3,(H,24,27,28)(H,30,31,32). The molecule has 2 amide bonds. The van der Waals surface area contributed by atoms with Gasteiger partial charge in [-0.15, -0.1) is 0 Å². The molecule has 11 heteroatoms. The molecule has 10 nitrogen and oxygen atoms in total. The molecular weight excluding hydrogens is 462 g/mol. The molecule has 4 rings (SSSR count).